The van der Waals surface area contributed by atoms with Crippen molar-refractivity contribution in [3.8, 4) is 11.5 Å². The highest BCUT2D eigenvalue weighted by Gasteiger charge is 2.06. The Morgan fingerprint density at radius 1 is 1.20 bits per heavy atom. The van der Waals surface area contributed by atoms with E-state index in [9.17, 15) is 0 Å². The van der Waals surface area contributed by atoms with Crippen molar-refractivity contribution in [1.29, 1.82) is 0 Å². The van der Waals surface area contributed by atoms with Gasteiger partial charge in [-0.05, 0) is 43.3 Å². The Hall–Kier alpha value is -1.03. The lowest BCUT2D eigenvalue weighted by Gasteiger charge is -2.12. The van der Waals surface area contributed by atoms with Gasteiger partial charge in [-0.15, -0.1) is 0 Å². The Bertz CT molecular complexity index is 574. The van der Waals surface area contributed by atoms with Gasteiger partial charge in [-0.1, -0.05) is 46.6 Å². The highest BCUT2D eigenvalue weighted by atomic mass is 79.9. The maximum Gasteiger partial charge on any atom is 0.133 e. The van der Waals surface area contributed by atoms with Crippen LogP contribution in [0.4, 0.5) is 0 Å². The molecule has 0 aromatic heterocycles. The maximum absolute atomic E-state index is 5.98. The van der Waals surface area contributed by atoms with E-state index in [1.54, 1.807) is 0 Å². The van der Waals surface area contributed by atoms with E-state index in [2.05, 4.69) is 34.2 Å². The number of hydrogen-bond donors (Lipinski definition) is 1. The summed E-state index contributed by atoms with van der Waals surface area (Å²) in [5.74, 6) is 1.58. The topological polar surface area (TPSA) is 21.3 Å². The zero-order chi connectivity index (χ0) is 14.4. The SMILES string of the molecule is CCCNCc1ccc(Br)cc1Oc1cccc(Cl)c1. The molecule has 2 aromatic carbocycles. The van der Waals surface area contributed by atoms with Crippen LogP contribution < -0.4 is 10.1 Å². The first kappa shape index (κ1) is 15.4. The van der Waals surface area contributed by atoms with Gasteiger partial charge in [-0.25, -0.2) is 0 Å². The molecule has 0 spiro atoms. The molecule has 0 aliphatic heterocycles. The summed E-state index contributed by atoms with van der Waals surface area (Å²) in [6.07, 6.45) is 1.11. The van der Waals surface area contributed by atoms with Crippen molar-refractivity contribution in [2.45, 2.75) is 19.9 Å². The van der Waals surface area contributed by atoms with Crippen molar-refractivity contribution >= 4 is 27.5 Å². The lowest BCUT2D eigenvalue weighted by molar-refractivity contribution is 0.472. The van der Waals surface area contributed by atoms with E-state index in [0.717, 1.165) is 41.0 Å². The van der Waals surface area contributed by atoms with E-state index in [4.69, 9.17) is 16.3 Å². The Labute approximate surface area is 133 Å². The zero-order valence-electron chi connectivity index (χ0n) is 11.3. The van der Waals surface area contributed by atoms with Crippen molar-refractivity contribution in [1.82, 2.24) is 5.32 Å². The smallest absolute Gasteiger partial charge is 0.133 e. The summed E-state index contributed by atoms with van der Waals surface area (Å²) in [7, 11) is 0. The molecule has 106 valence electrons. The largest absolute Gasteiger partial charge is 0.457 e. The minimum absolute atomic E-state index is 0.670. The second-order valence-electron chi connectivity index (χ2n) is 4.49. The molecule has 2 rings (SSSR count). The van der Waals surface area contributed by atoms with Crippen molar-refractivity contribution in [2.24, 2.45) is 0 Å². The van der Waals surface area contributed by atoms with Gasteiger partial charge in [0.05, 0.1) is 0 Å². The average molecular weight is 355 g/mol. The number of halogens is 2. The molecule has 0 saturated carbocycles. The Kier molecular flexibility index (Phi) is 5.89. The van der Waals surface area contributed by atoms with Gasteiger partial charge in [0.15, 0.2) is 0 Å². The highest BCUT2D eigenvalue weighted by molar-refractivity contribution is 9.10. The normalized spacial score (nSPS) is 10.6. The molecule has 2 nitrogen and oxygen atoms in total. The number of hydrogen-bond acceptors (Lipinski definition) is 2. The summed E-state index contributed by atoms with van der Waals surface area (Å²) in [6.45, 7) is 3.93. The molecule has 0 aliphatic carbocycles. The summed E-state index contributed by atoms with van der Waals surface area (Å²) in [4.78, 5) is 0. The second-order valence-corrected chi connectivity index (χ2v) is 5.84. The molecule has 0 heterocycles. The molecule has 0 radical (unpaired) electrons. The Morgan fingerprint density at radius 2 is 2.05 bits per heavy atom. The fourth-order valence-electron chi connectivity index (χ4n) is 1.83. The predicted molar refractivity (Wildman–Crippen MR) is 87.7 cm³/mol. The van der Waals surface area contributed by atoms with Gasteiger partial charge >= 0.3 is 0 Å². The van der Waals surface area contributed by atoms with E-state index in [0.29, 0.717) is 5.02 Å². The van der Waals surface area contributed by atoms with Crippen molar-refractivity contribution < 1.29 is 4.74 Å². The Balaban J connectivity index is 2.18. The quantitative estimate of drug-likeness (QED) is 0.702. The van der Waals surface area contributed by atoms with Crippen LogP contribution in [-0.4, -0.2) is 6.54 Å². The lowest BCUT2D eigenvalue weighted by atomic mass is 10.2. The molecule has 1 N–H and O–H groups in total. The third kappa shape index (κ3) is 4.51. The molecule has 0 amide bonds. The van der Waals surface area contributed by atoms with Crippen LogP contribution in [0.25, 0.3) is 0 Å². The Morgan fingerprint density at radius 3 is 2.80 bits per heavy atom. The first-order valence-electron chi connectivity index (χ1n) is 6.61. The minimum atomic E-state index is 0.670. The number of nitrogens with one attached hydrogen (secondary N) is 1. The molecular weight excluding hydrogens is 338 g/mol. The second kappa shape index (κ2) is 7.67. The van der Waals surface area contributed by atoms with Gasteiger partial charge in [0.1, 0.15) is 11.5 Å². The van der Waals surface area contributed by atoms with E-state index in [1.807, 2.05) is 36.4 Å². The van der Waals surface area contributed by atoms with Crippen LogP contribution in [0.3, 0.4) is 0 Å². The van der Waals surface area contributed by atoms with Gasteiger partial charge in [-0.2, -0.15) is 0 Å². The molecule has 0 atom stereocenters. The number of ether oxygens (including phenoxy) is 1. The third-order valence-electron chi connectivity index (χ3n) is 2.80. The number of benzene rings is 2. The van der Waals surface area contributed by atoms with E-state index < -0.39 is 0 Å². The third-order valence-corrected chi connectivity index (χ3v) is 3.52. The molecule has 2 aromatic rings. The molecule has 4 heteroatoms. The molecule has 0 bridgehead atoms. The fourth-order valence-corrected chi connectivity index (χ4v) is 2.35. The highest BCUT2D eigenvalue weighted by Crippen LogP contribution is 2.29. The van der Waals surface area contributed by atoms with Crippen LogP contribution in [0.1, 0.15) is 18.9 Å². The molecule has 20 heavy (non-hydrogen) atoms. The molecule has 0 saturated heterocycles. The summed E-state index contributed by atoms with van der Waals surface area (Å²) in [6, 6.07) is 13.5. The maximum atomic E-state index is 5.98. The van der Waals surface area contributed by atoms with Gasteiger partial charge < -0.3 is 10.1 Å². The van der Waals surface area contributed by atoms with Crippen molar-refractivity contribution in [3.63, 3.8) is 0 Å². The summed E-state index contributed by atoms with van der Waals surface area (Å²) in [5, 5.41) is 4.06. The van der Waals surface area contributed by atoms with Crippen LogP contribution in [0.15, 0.2) is 46.9 Å². The first-order valence-corrected chi connectivity index (χ1v) is 7.78. The van der Waals surface area contributed by atoms with Gasteiger partial charge in [0.2, 0.25) is 0 Å². The monoisotopic (exact) mass is 353 g/mol. The van der Waals surface area contributed by atoms with Gasteiger partial charge in [0.25, 0.3) is 0 Å². The van der Waals surface area contributed by atoms with Crippen molar-refractivity contribution in [3.05, 3.63) is 57.5 Å². The molecule has 0 aliphatic rings. The standard InChI is InChI=1S/C16H17BrClNO/c1-2-8-19-11-12-6-7-13(17)9-16(12)20-15-5-3-4-14(18)10-15/h3-7,9-10,19H,2,8,11H2,1H3. The predicted octanol–water partition coefficient (Wildman–Crippen LogP) is 5.39. The van der Waals surface area contributed by atoms with Gasteiger partial charge in [0, 0.05) is 21.6 Å². The van der Waals surface area contributed by atoms with E-state index >= 15 is 0 Å². The van der Waals surface area contributed by atoms with Crippen LogP contribution in [0.5, 0.6) is 11.5 Å². The fraction of sp³-hybridized carbons (Fsp3) is 0.250. The zero-order valence-corrected chi connectivity index (χ0v) is 13.7. The van der Waals surface area contributed by atoms with Crippen molar-refractivity contribution in [2.75, 3.05) is 6.54 Å². The van der Waals surface area contributed by atoms with Crippen LogP contribution in [0, 0.1) is 0 Å². The van der Waals surface area contributed by atoms with Crippen LogP contribution in [0.2, 0.25) is 5.02 Å². The van der Waals surface area contributed by atoms with Gasteiger partial charge in [-0.3, -0.25) is 0 Å². The number of rotatable bonds is 6. The van der Waals surface area contributed by atoms with Crippen LogP contribution in [-0.2, 0) is 6.54 Å². The molecule has 0 fully saturated rings. The molecule has 0 unspecified atom stereocenters. The van der Waals surface area contributed by atoms with Crippen LogP contribution >= 0.6 is 27.5 Å². The molecular formula is C16H17BrClNO. The summed E-state index contributed by atoms with van der Waals surface area (Å²) >= 11 is 9.46. The average Bonchev–Trinajstić information content (AvgIpc) is 2.41. The lowest BCUT2D eigenvalue weighted by Crippen LogP contribution is -2.14. The minimum Gasteiger partial charge on any atom is -0.457 e. The first-order chi connectivity index (χ1) is 9.69. The summed E-state index contributed by atoms with van der Waals surface area (Å²) < 4.78 is 6.94. The summed E-state index contributed by atoms with van der Waals surface area (Å²) in [5.41, 5.74) is 1.13. The van der Waals surface area contributed by atoms with E-state index in [1.165, 1.54) is 0 Å². The van der Waals surface area contributed by atoms with E-state index in [-0.39, 0.29) is 0 Å².